The predicted molar refractivity (Wildman–Crippen MR) is 92.5 cm³/mol. The van der Waals surface area contributed by atoms with E-state index in [1.54, 1.807) is 0 Å². The van der Waals surface area contributed by atoms with E-state index < -0.39 is 0 Å². The van der Waals surface area contributed by atoms with E-state index in [1.165, 1.54) is 63.4 Å². The summed E-state index contributed by atoms with van der Waals surface area (Å²) in [5, 5.41) is 0. The van der Waals surface area contributed by atoms with Gasteiger partial charge in [-0.05, 0) is 30.7 Å². The molecule has 118 valence electrons. The van der Waals surface area contributed by atoms with Crippen molar-refractivity contribution in [1.29, 1.82) is 0 Å². The maximum atomic E-state index is 6.98. The molecule has 21 heavy (non-hydrogen) atoms. The lowest BCUT2D eigenvalue weighted by Gasteiger charge is -2.44. The lowest BCUT2D eigenvalue weighted by Crippen LogP contribution is -2.49. The van der Waals surface area contributed by atoms with Crippen LogP contribution in [0.15, 0.2) is 30.3 Å². The summed E-state index contributed by atoms with van der Waals surface area (Å²) in [6, 6.07) is 11.0. The molecule has 0 bridgehead atoms. The minimum absolute atomic E-state index is 0.0218. The Morgan fingerprint density at radius 3 is 2.62 bits per heavy atom. The summed E-state index contributed by atoms with van der Waals surface area (Å²) in [6.45, 7) is 4.63. The van der Waals surface area contributed by atoms with Crippen LogP contribution >= 0.6 is 0 Å². The van der Waals surface area contributed by atoms with Gasteiger partial charge in [0.1, 0.15) is 0 Å². The normalized spacial score (nSPS) is 27.5. The molecule has 0 radical (unpaired) electrons. The van der Waals surface area contributed by atoms with Crippen LogP contribution in [0.5, 0.6) is 0 Å². The Labute approximate surface area is 131 Å². The van der Waals surface area contributed by atoms with Crippen molar-refractivity contribution >= 4 is 0 Å². The van der Waals surface area contributed by atoms with Crippen LogP contribution < -0.4 is 5.73 Å². The van der Waals surface area contributed by atoms with E-state index in [1.807, 2.05) is 0 Å². The Hall–Kier alpha value is -0.820. The molecule has 1 aromatic rings. The summed E-state index contributed by atoms with van der Waals surface area (Å²) in [6.07, 6.45) is 11.6. The molecule has 0 amide bonds. The Bertz CT molecular complexity index is 400. The van der Waals surface area contributed by atoms with Gasteiger partial charge in [0, 0.05) is 11.5 Å². The first-order valence-corrected chi connectivity index (χ1v) is 9.03. The smallest absolute Gasteiger partial charge is 0.0226 e. The standard InChI is InChI=1S/C20H33N/c1-3-5-11-17(4-2)16-20(21)15-10-9-14-19(20)18-12-7-6-8-13-18/h6-8,12-13,17,19H,3-5,9-11,14-16,21H2,1-2H3. The molecule has 0 aliphatic heterocycles. The summed E-state index contributed by atoms with van der Waals surface area (Å²) >= 11 is 0. The maximum Gasteiger partial charge on any atom is 0.0226 e. The largest absolute Gasteiger partial charge is 0.325 e. The van der Waals surface area contributed by atoms with Gasteiger partial charge in [-0.3, -0.25) is 0 Å². The molecule has 0 heterocycles. The van der Waals surface area contributed by atoms with Crippen molar-refractivity contribution in [2.45, 2.75) is 83.1 Å². The van der Waals surface area contributed by atoms with Crippen molar-refractivity contribution in [3.63, 3.8) is 0 Å². The highest BCUT2D eigenvalue weighted by Gasteiger charge is 2.39. The van der Waals surface area contributed by atoms with Crippen LogP contribution in [0.1, 0.15) is 83.1 Å². The van der Waals surface area contributed by atoms with Crippen molar-refractivity contribution < 1.29 is 0 Å². The molecule has 1 heteroatoms. The van der Waals surface area contributed by atoms with Gasteiger partial charge >= 0.3 is 0 Å². The second-order valence-electron chi connectivity index (χ2n) is 7.06. The third kappa shape index (κ3) is 4.32. The zero-order valence-corrected chi connectivity index (χ0v) is 14.0. The number of hydrogen-bond donors (Lipinski definition) is 1. The molecular weight excluding hydrogens is 254 g/mol. The van der Waals surface area contributed by atoms with Crippen molar-refractivity contribution in [2.24, 2.45) is 11.7 Å². The molecule has 1 aliphatic rings. The maximum absolute atomic E-state index is 6.98. The van der Waals surface area contributed by atoms with Crippen LogP contribution in [0.25, 0.3) is 0 Å². The van der Waals surface area contributed by atoms with Gasteiger partial charge in [0.05, 0.1) is 0 Å². The zero-order chi connectivity index (χ0) is 15.1. The van der Waals surface area contributed by atoms with Crippen LogP contribution in [0.4, 0.5) is 0 Å². The second kappa shape index (κ2) is 7.98. The van der Waals surface area contributed by atoms with Gasteiger partial charge < -0.3 is 5.73 Å². The summed E-state index contributed by atoms with van der Waals surface area (Å²) < 4.78 is 0. The third-order valence-electron chi connectivity index (χ3n) is 5.49. The van der Waals surface area contributed by atoms with E-state index >= 15 is 0 Å². The summed E-state index contributed by atoms with van der Waals surface area (Å²) in [5.74, 6) is 1.36. The quantitative estimate of drug-likeness (QED) is 0.689. The van der Waals surface area contributed by atoms with E-state index in [9.17, 15) is 0 Å². The van der Waals surface area contributed by atoms with E-state index in [4.69, 9.17) is 5.73 Å². The fourth-order valence-electron chi connectivity index (χ4n) is 4.17. The van der Waals surface area contributed by atoms with Crippen molar-refractivity contribution in [2.75, 3.05) is 0 Å². The Kier molecular flexibility index (Phi) is 6.29. The summed E-state index contributed by atoms with van der Waals surface area (Å²) in [5.41, 5.74) is 8.47. The van der Waals surface area contributed by atoms with E-state index in [-0.39, 0.29) is 5.54 Å². The molecule has 0 aromatic heterocycles. The molecule has 1 fully saturated rings. The van der Waals surface area contributed by atoms with Crippen LogP contribution in [0.2, 0.25) is 0 Å². The molecule has 3 unspecified atom stereocenters. The molecule has 1 nitrogen and oxygen atoms in total. The summed E-state index contributed by atoms with van der Waals surface area (Å²) in [4.78, 5) is 0. The first-order valence-electron chi connectivity index (χ1n) is 9.03. The number of benzene rings is 1. The second-order valence-corrected chi connectivity index (χ2v) is 7.06. The number of rotatable bonds is 7. The van der Waals surface area contributed by atoms with Crippen molar-refractivity contribution in [1.82, 2.24) is 0 Å². The molecule has 1 aliphatic carbocycles. The highest BCUT2D eigenvalue weighted by atomic mass is 14.8. The molecule has 2 N–H and O–H groups in total. The molecule has 0 spiro atoms. The zero-order valence-electron chi connectivity index (χ0n) is 14.0. The lowest BCUT2D eigenvalue weighted by atomic mass is 9.66. The molecule has 2 rings (SSSR count). The van der Waals surface area contributed by atoms with Crippen LogP contribution in [-0.2, 0) is 0 Å². The van der Waals surface area contributed by atoms with Crippen LogP contribution in [0.3, 0.4) is 0 Å². The minimum Gasteiger partial charge on any atom is -0.325 e. The van der Waals surface area contributed by atoms with Gasteiger partial charge in [0.2, 0.25) is 0 Å². The topological polar surface area (TPSA) is 26.0 Å². The van der Waals surface area contributed by atoms with Gasteiger partial charge in [-0.25, -0.2) is 0 Å². The van der Waals surface area contributed by atoms with Gasteiger partial charge in [0.25, 0.3) is 0 Å². The predicted octanol–water partition coefficient (Wildman–Crippen LogP) is 5.65. The van der Waals surface area contributed by atoms with E-state index in [0.717, 1.165) is 5.92 Å². The highest BCUT2D eigenvalue weighted by Crippen LogP contribution is 2.43. The molecule has 1 saturated carbocycles. The van der Waals surface area contributed by atoms with E-state index in [0.29, 0.717) is 5.92 Å². The Morgan fingerprint density at radius 1 is 1.19 bits per heavy atom. The van der Waals surface area contributed by atoms with Crippen molar-refractivity contribution in [3.05, 3.63) is 35.9 Å². The van der Waals surface area contributed by atoms with Crippen molar-refractivity contribution in [3.8, 4) is 0 Å². The van der Waals surface area contributed by atoms with Crippen LogP contribution in [-0.4, -0.2) is 5.54 Å². The summed E-state index contributed by atoms with van der Waals surface area (Å²) in [7, 11) is 0. The first kappa shape index (κ1) is 16.5. The lowest BCUT2D eigenvalue weighted by molar-refractivity contribution is 0.193. The van der Waals surface area contributed by atoms with E-state index in [2.05, 4.69) is 44.2 Å². The molecular formula is C20H33N. The van der Waals surface area contributed by atoms with Gasteiger partial charge in [-0.15, -0.1) is 0 Å². The van der Waals surface area contributed by atoms with Gasteiger partial charge in [-0.2, -0.15) is 0 Å². The minimum atomic E-state index is 0.0218. The SMILES string of the molecule is CCCCC(CC)CC1(N)CCCCC1c1ccccc1. The Morgan fingerprint density at radius 2 is 1.95 bits per heavy atom. The fourth-order valence-corrected chi connectivity index (χ4v) is 4.17. The van der Waals surface area contributed by atoms with Crippen LogP contribution in [0, 0.1) is 5.92 Å². The Balaban J connectivity index is 2.11. The number of hydrogen-bond acceptors (Lipinski definition) is 1. The number of nitrogens with two attached hydrogens (primary N) is 1. The molecule has 1 aromatic carbocycles. The molecule has 0 saturated heterocycles. The third-order valence-corrected chi connectivity index (χ3v) is 5.49. The monoisotopic (exact) mass is 287 g/mol. The van der Waals surface area contributed by atoms with Gasteiger partial charge in [0.15, 0.2) is 0 Å². The van der Waals surface area contributed by atoms with Gasteiger partial charge in [-0.1, -0.05) is 82.7 Å². The highest BCUT2D eigenvalue weighted by molar-refractivity contribution is 5.24. The molecule has 3 atom stereocenters. The fraction of sp³-hybridized carbons (Fsp3) is 0.700. The number of unbranched alkanes of at least 4 members (excludes halogenated alkanes) is 1. The average Bonchev–Trinajstić information content (AvgIpc) is 2.52. The first-order chi connectivity index (χ1) is 10.2. The average molecular weight is 287 g/mol.